The van der Waals surface area contributed by atoms with E-state index in [-0.39, 0.29) is 16.9 Å². The lowest BCUT2D eigenvalue weighted by Gasteiger charge is -2.11. The highest BCUT2D eigenvalue weighted by Gasteiger charge is 2.21. The average molecular weight is 360 g/mol. The summed E-state index contributed by atoms with van der Waals surface area (Å²) >= 11 is 0. The molecule has 2 aromatic rings. The Hall–Kier alpha value is -3.05. The van der Waals surface area contributed by atoms with Crippen LogP contribution in [-0.2, 0) is 15.8 Å². The molecule has 0 bridgehead atoms. The first kappa shape index (κ1) is 18.3. The van der Waals surface area contributed by atoms with E-state index >= 15 is 0 Å². The van der Waals surface area contributed by atoms with Crippen LogP contribution in [0.3, 0.4) is 0 Å². The molecule has 0 aliphatic carbocycles. The van der Waals surface area contributed by atoms with Crippen molar-refractivity contribution in [2.24, 2.45) is 0 Å². The van der Waals surface area contributed by atoms with Gasteiger partial charge in [-0.3, -0.25) is 4.79 Å². The maximum atomic E-state index is 12.3. The predicted octanol–water partition coefficient (Wildman–Crippen LogP) is 1.84. The fraction of sp³-hybridized carbons (Fsp3) is 0.176. The maximum Gasteiger partial charge on any atom is 0.268 e. The standard InChI is InChI=1S/C17H16N2O5S/c1-23-14-7-8-15(16(9-14)24-2)17(20)19-25(21,22)11-13-6-4-3-5-12(13)10-18/h3-9H,11H2,1-2H3,(H,19,20). The zero-order chi connectivity index (χ0) is 18.4. The van der Waals surface area contributed by atoms with E-state index < -0.39 is 21.7 Å². The van der Waals surface area contributed by atoms with Crippen LogP contribution in [0.4, 0.5) is 0 Å². The number of benzene rings is 2. The molecular formula is C17H16N2O5S. The predicted molar refractivity (Wildman–Crippen MR) is 90.8 cm³/mol. The zero-order valence-corrected chi connectivity index (χ0v) is 14.5. The van der Waals surface area contributed by atoms with Crippen LogP contribution in [0.15, 0.2) is 42.5 Å². The number of nitriles is 1. The van der Waals surface area contributed by atoms with Gasteiger partial charge < -0.3 is 9.47 Å². The molecule has 130 valence electrons. The maximum absolute atomic E-state index is 12.3. The van der Waals surface area contributed by atoms with Gasteiger partial charge >= 0.3 is 0 Å². The van der Waals surface area contributed by atoms with Gasteiger partial charge in [0.25, 0.3) is 5.91 Å². The monoisotopic (exact) mass is 360 g/mol. The van der Waals surface area contributed by atoms with Gasteiger partial charge in [-0.05, 0) is 23.8 Å². The van der Waals surface area contributed by atoms with Crippen LogP contribution in [0.2, 0.25) is 0 Å². The van der Waals surface area contributed by atoms with Gasteiger partial charge in [0, 0.05) is 6.07 Å². The molecule has 0 saturated carbocycles. The number of hydrogen-bond acceptors (Lipinski definition) is 6. The first-order valence-corrected chi connectivity index (χ1v) is 8.80. The molecule has 0 radical (unpaired) electrons. The second-order valence-corrected chi connectivity index (χ2v) is 6.75. The van der Waals surface area contributed by atoms with Gasteiger partial charge in [-0.25, -0.2) is 13.1 Å². The number of carbonyl (C=O) groups is 1. The molecule has 0 saturated heterocycles. The quantitative estimate of drug-likeness (QED) is 0.842. The van der Waals surface area contributed by atoms with Gasteiger partial charge in [0.1, 0.15) is 11.5 Å². The number of ether oxygens (including phenoxy) is 2. The van der Waals surface area contributed by atoms with Crippen molar-refractivity contribution in [1.82, 2.24) is 4.72 Å². The Kier molecular flexibility index (Phi) is 5.62. The Bertz CT molecular complexity index is 932. The molecule has 0 aromatic heterocycles. The molecule has 0 heterocycles. The molecule has 0 spiro atoms. The largest absolute Gasteiger partial charge is 0.497 e. The molecule has 7 nitrogen and oxygen atoms in total. The summed E-state index contributed by atoms with van der Waals surface area (Å²) in [6, 6.07) is 12.6. The summed E-state index contributed by atoms with van der Waals surface area (Å²) in [4.78, 5) is 12.3. The van der Waals surface area contributed by atoms with E-state index in [4.69, 9.17) is 14.7 Å². The molecule has 0 atom stereocenters. The molecule has 2 rings (SSSR count). The van der Waals surface area contributed by atoms with Crippen LogP contribution < -0.4 is 14.2 Å². The van der Waals surface area contributed by atoms with Crippen molar-refractivity contribution >= 4 is 15.9 Å². The van der Waals surface area contributed by atoms with Gasteiger partial charge in [-0.2, -0.15) is 5.26 Å². The summed E-state index contributed by atoms with van der Waals surface area (Å²) in [6.45, 7) is 0. The summed E-state index contributed by atoms with van der Waals surface area (Å²) in [6.07, 6.45) is 0. The number of amides is 1. The molecule has 25 heavy (non-hydrogen) atoms. The Morgan fingerprint density at radius 3 is 2.52 bits per heavy atom. The third kappa shape index (κ3) is 4.49. The fourth-order valence-electron chi connectivity index (χ4n) is 2.18. The number of nitrogens with zero attached hydrogens (tertiary/aromatic N) is 1. The van der Waals surface area contributed by atoms with Crippen LogP contribution in [-0.4, -0.2) is 28.5 Å². The lowest BCUT2D eigenvalue weighted by molar-refractivity contribution is 0.0978. The number of methoxy groups -OCH3 is 2. The van der Waals surface area contributed by atoms with Gasteiger partial charge in [0.05, 0.1) is 37.2 Å². The van der Waals surface area contributed by atoms with Crippen LogP contribution >= 0.6 is 0 Å². The molecule has 0 fully saturated rings. The van der Waals surface area contributed by atoms with Crippen molar-refractivity contribution < 1.29 is 22.7 Å². The van der Waals surface area contributed by atoms with E-state index in [2.05, 4.69) is 0 Å². The Morgan fingerprint density at radius 1 is 1.16 bits per heavy atom. The van der Waals surface area contributed by atoms with Crippen molar-refractivity contribution in [3.05, 3.63) is 59.2 Å². The molecule has 1 N–H and O–H groups in total. The number of carbonyl (C=O) groups excluding carboxylic acids is 1. The van der Waals surface area contributed by atoms with Crippen molar-refractivity contribution in [1.29, 1.82) is 5.26 Å². The molecule has 2 aromatic carbocycles. The van der Waals surface area contributed by atoms with Crippen molar-refractivity contribution in [3.63, 3.8) is 0 Å². The molecule has 0 unspecified atom stereocenters. The van der Waals surface area contributed by atoms with Crippen LogP contribution in [0.25, 0.3) is 0 Å². The number of rotatable bonds is 6. The normalized spacial score (nSPS) is 10.6. The van der Waals surface area contributed by atoms with Gasteiger partial charge in [-0.15, -0.1) is 0 Å². The Labute approximate surface area is 145 Å². The van der Waals surface area contributed by atoms with E-state index in [1.807, 2.05) is 10.8 Å². The first-order chi connectivity index (χ1) is 11.9. The minimum Gasteiger partial charge on any atom is -0.497 e. The van der Waals surface area contributed by atoms with E-state index in [0.717, 1.165) is 0 Å². The van der Waals surface area contributed by atoms with E-state index in [1.54, 1.807) is 12.1 Å². The summed E-state index contributed by atoms with van der Waals surface area (Å²) in [5.41, 5.74) is 0.606. The number of sulfonamides is 1. The molecule has 0 aliphatic rings. The highest BCUT2D eigenvalue weighted by atomic mass is 32.2. The molecule has 8 heteroatoms. The molecule has 0 aliphatic heterocycles. The lowest BCUT2D eigenvalue weighted by Crippen LogP contribution is -2.32. The topological polar surface area (TPSA) is 105 Å². The van der Waals surface area contributed by atoms with Gasteiger partial charge in [0.2, 0.25) is 10.0 Å². The third-order valence-electron chi connectivity index (χ3n) is 3.38. The average Bonchev–Trinajstić information content (AvgIpc) is 2.60. The Morgan fingerprint density at radius 2 is 1.88 bits per heavy atom. The second kappa shape index (κ2) is 7.68. The minimum atomic E-state index is -3.99. The SMILES string of the molecule is COc1ccc(C(=O)NS(=O)(=O)Cc2ccccc2C#N)c(OC)c1. The summed E-state index contributed by atoms with van der Waals surface area (Å²) in [5.74, 6) is -0.654. The highest BCUT2D eigenvalue weighted by Crippen LogP contribution is 2.24. The van der Waals surface area contributed by atoms with Crippen LogP contribution in [0, 0.1) is 11.3 Å². The van der Waals surface area contributed by atoms with E-state index in [1.165, 1.54) is 44.6 Å². The third-order valence-corrected chi connectivity index (χ3v) is 4.57. The summed E-state index contributed by atoms with van der Waals surface area (Å²) < 4.78 is 36.7. The number of nitrogens with one attached hydrogen (secondary N) is 1. The van der Waals surface area contributed by atoms with E-state index in [9.17, 15) is 13.2 Å². The molecule has 1 amide bonds. The van der Waals surface area contributed by atoms with Crippen LogP contribution in [0.1, 0.15) is 21.5 Å². The summed E-state index contributed by atoms with van der Waals surface area (Å²) in [7, 11) is -1.16. The van der Waals surface area contributed by atoms with Crippen molar-refractivity contribution in [2.75, 3.05) is 14.2 Å². The fourth-order valence-corrected chi connectivity index (χ4v) is 3.30. The number of hydrogen-bond donors (Lipinski definition) is 1. The van der Waals surface area contributed by atoms with Crippen molar-refractivity contribution in [2.45, 2.75) is 5.75 Å². The van der Waals surface area contributed by atoms with Gasteiger partial charge in [-0.1, -0.05) is 18.2 Å². The summed E-state index contributed by atoms with van der Waals surface area (Å²) in [5, 5.41) is 9.03. The van der Waals surface area contributed by atoms with Gasteiger partial charge in [0.15, 0.2) is 0 Å². The lowest BCUT2D eigenvalue weighted by atomic mass is 10.1. The highest BCUT2D eigenvalue weighted by molar-refractivity contribution is 7.89. The van der Waals surface area contributed by atoms with Crippen LogP contribution in [0.5, 0.6) is 11.5 Å². The Balaban J connectivity index is 2.23. The molecular weight excluding hydrogens is 344 g/mol. The zero-order valence-electron chi connectivity index (χ0n) is 13.6. The first-order valence-electron chi connectivity index (χ1n) is 7.15. The van der Waals surface area contributed by atoms with Crippen molar-refractivity contribution in [3.8, 4) is 17.6 Å². The second-order valence-electron chi connectivity index (χ2n) is 5.03. The van der Waals surface area contributed by atoms with E-state index in [0.29, 0.717) is 11.3 Å². The smallest absolute Gasteiger partial charge is 0.268 e. The minimum absolute atomic E-state index is 0.0560.